The molecule has 0 atom stereocenters. The van der Waals surface area contributed by atoms with E-state index < -0.39 is 17.2 Å². The van der Waals surface area contributed by atoms with Crippen LogP contribution in [0.2, 0.25) is 0 Å². The minimum atomic E-state index is -0.673. The van der Waals surface area contributed by atoms with Crippen LogP contribution in [-0.4, -0.2) is 6.54 Å². The van der Waals surface area contributed by atoms with Crippen molar-refractivity contribution < 1.29 is 30.5 Å². The molecule has 1 aliphatic heterocycles. The van der Waals surface area contributed by atoms with Crippen molar-refractivity contribution in [1.29, 1.82) is 0 Å². The molecule has 1 saturated heterocycles. The summed E-state index contributed by atoms with van der Waals surface area (Å²) in [6.07, 6.45) is 2.89. The smallest absolute Gasteiger partial charge is 0.157 e. The number of benzene rings is 3. The maximum atomic E-state index is 14.7. The molecule has 0 saturated carbocycles. The fourth-order valence-corrected chi connectivity index (χ4v) is 4.14. The number of halogens is 2. The first-order chi connectivity index (χ1) is 12.7. The van der Waals surface area contributed by atoms with Gasteiger partial charge in [-0.25, -0.2) is 8.78 Å². The van der Waals surface area contributed by atoms with Gasteiger partial charge in [0, 0.05) is 28.3 Å². The molecule has 0 spiro atoms. The second-order valence-electron chi connectivity index (χ2n) is 6.71. The molecule has 1 fully saturated rings. The molecule has 1 heterocycles. The molecule has 1 aliphatic rings. The summed E-state index contributed by atoms with van der Waals surface area (Å²) in [4.78, 5) is 2.09. The molecule has 3 aromatic carbocycles. The van der Waals surface area contributed by atoms with Crippen molar-refractivity contribution in [3.05, 3.63) is 102 Å². The van der Waals surface area contributed by atoms with Gasteiger partial charge in [0.15, 0.2) is 5.82 Å². The van der Waals surface area contributed by atoms with Crippen molar-refractivity contribution in [2.45, 2.75) is 24.8 Å². The third-order valence-corrected chi connectivity index (χ3v) is 5.27. The van der Waals surface area contributed by atoms with E-state index in [0.29, 0.717) is 12.2 Å². The molecule has 1 radical (unpaired) electrons. The molecular weight excluding hydrogens is 376 g/mol. The van der Waals surface area contributed by atoms with E-state index in [-0.39, 0.29) is 21.7 Å². The first-order valence-corrected chi connectivity index (χ1v) is 8.98. The average molecular weight is 396 g/mol. The Morgan fingerprint density at radius 1 is 0.778 bits per heavy atom. The van der Waals surface area contributed by atoms with E-state index in [2.05, 4.69) is 35.2 Å². The van der Waals surface area contributed by atoms with Crippen LogP contribution in [0.3, 0.4) is 0 Å². The van der Waals surface area contributed by atoms with Crippen molar-refractivity contribution >= 4 is 5.69 Å². The van der Waals surface area contributed by atoms with Crippen molar-refractivity contribution in [2.75, 3.05) is 11.4 Å². The van der Waals surface area contributed by atoms with Crippen LogP contribution in [0.15, 0.2) is 72.8 Å². The van der Waals surface area contributed by atoms with Gasteiger partial charge in [-0.1, -0.05) is 60.7 Å². The maximum absolute atomic E-state index is 14.7. The first-order valence-electron chi connectivity index (χ1n) is 8.98. The summed E-state index contributed by atoms with van der Waals surface area (Å²) in [7, 11) is 0. The van der Waals surface area contributed by atoms with Crippen LogP contribution in [0.4, 0.5) is 14.5 Å². The van der Waals surface area contributed by atoms with Crippen LogP contribution in [0, 0.1) is 17.7 Å². The van der Waals surface area contributed by atoms with Crippen LogP contribution in [0.25, 0.3) is 0 Å². The number of hydrogen-bond acceptors (Lipinski definition) is 1. The molecule has 27 heavy (non-hydrogen) atoms. The zero-order valence-electron chi connectivity index (χ0n) is 15.0. The van der Waals surface area contributed by atoms with E-state index in [1.54, 1.807) is 0 Å². The van der Waals surface area contributed by atoms with Gasteiger partial charge in [-0.05, 0) is 42.5 Å². The summed E-state index contributed by atoms with van der Waals surface area (Å²) in [5, 5.41) is 0. The van der Waals surface area contributed by atoms with E-state index >= 15 is 0 Å². The molecule has 0 unspecified atom stereocenters. The normalized spacial score (nSPS) is 15.9. The number of anilines is 1. The van der Waals surface area contributed by atoms with Gasteiger partial charge in [-0.15, -0.1) is 0 Å². The van der Waals surface area contributed by atoms with Crippen molar-refractivity contribution in [3.63, 3.8) is 0 Å². The van der Waals surface area contributed by atoms with Gasteiger partial charge in [-0.2, -0.15) is 0 Å². The van der Waals surface area contributed by atoms with Gasteiger partial charge in [-0.3, -0.25) is 0 Å². The van der Waals surface area contributed by atoms with E-state index in [0.717, 1.165) is 30.4 Å². The third kappa shape index (κ3) is 3.59. The summed E-state index contributed by atoms with van der Waals surface area (Å²) in [6.45, 7) is 0.709. The molecule has 0 amide bonds. The largest absolute Gasteiger partial charge is 0.355 e. The predicted octanol–water partition coefficient (Wildman–Crippen LogP) is 5.70. The minimum Gasteiger partial charge on any atom is -0.355 e. The second-order valence-corrected chi connectivity index (χ2v) is 6.71. The molecule has 4 heteroatoms. The second kappa shape index (κ2) is 8.37. The molecule has 1 nitrogen and oxygen atoms in total. The van der Waals surface area contributed by atoms with Crippen LogP contribution in [-0.2, 0) is 27.3 Å². The fraction of sp³-hybridized carbons (Fsp3) is 0.217. The van der Waals surface area contributed by atoms with Gasteiger partial charge in [0.05, 0.1) is 17.3 Å². The van der Waals surface area contributed by atoms with Crippen LogP contribution < -0.4 is 4.90 Å². The Hall–Kier alpha value is -1.97. The first kappa shape index (κ1) is 19.8. The van der Waals surface area contributed by atoms with Crippen molar-refractivity contribution in [3.8, 4) is 0 Å². The summed E-state index contributed by atoms with van der Waals surface area (Å²) >= 11 is 0. The maximum Gasteiger partial charge on any atom is 0.157 e. The monoisotopic (exact) mass is 396 g/mol. The van der Waals surface area contributed by atoms with E-state index in [1.807, 2.05) is 36.4 Å². The predicted molar refractivity (Wildman–Crippen MR) is 100 cm³/mol. The number of nitrogens with zero attached hydrogens (tertiary/aromatic N) is 1. The molecule has 0 bridgehead atoms. The molecule has 0 aliphatic carbocycles. The molecule has 3 aromatic rings. The number of hydrogen-bond donors (Lipinski definition) is 0. The molecule has 0 aromatic heterocycles. The Labute approximate surface area is 173 Å². The van der Waals surface area contributed by atoms with E-state index in [1.165, 1.54) is 12.1 Å². The fourth-order valence-electron chi connectivity index (χ4n) is 4.14. The summed E-state index contributed by atoms with van der Waals surface area (Å²) in [6, 6.07) is 25.4. The zero-order valence-corrected chi connectivity index (χ0v) is 16.5. The minimum absolute atomic E-state index is 0. The Kier molecular flexibility index (Phi) is 6.13. The number of piperidine rings is 1. The Morgan fingerprint density at radius 2 is 1.37 bits per heavy atom. The summed E-state index contributed by atoms with van der Waals surface area (Å²) < 4.78 is 28.1. The summed E-state index contributed by atoms with van der Waals surface area (Å²) in [5.74, 6) is -1.31. The van der Waals surface area contributed by atoms with Gasteiger partial charge in [0.2, 0.25) is 0 Å². The van der Waals surface area contributed by atoms with E-state index in [4.69, 9.17) is 0 Å². The Morgan fingerprint density at radius 3 is 1.93 bits per heavy atom. The average Bonchev–Trinajstić information content (AvgIpc) is 2.69. The van der Waals surface area contributed by atoms with Crippen LogP contribution >= 0.6 is 0 Å². The summed E-state index contributed by atoms with van der Waals surface area (Å²) in [5.41, 5.74) is 2.16. The van der Waals surface area contributed by atoms with Crippen LogP contribution in [0.1, 0.15) is 30.4 Å². The SMILES string of the molecule is Fc1[c]c(F)c(N2CCCCC2(c2ccccc2)c2ccccc2)cc1.[Ti]. The van der Waals surface area contributed by atoms with E-state index in [9.17, 15) is 8.78 Å². The standard InChI is InChI=1S/C23H20F2N.Ti/c24-20-13-14-22(21(25)17-20)26-16-8-7-15-23(26,18-9-3-1-4-10-18)19-11-5-2-6-12-19;/h1-6,9-14H,7-8,15-16H2;. The zero-order chi connectivity index (χ0) is 18.0. The van der Waals surface area contributed by atoms with Crippen molar-refractivity contribution in [2.24, 2.45) is 0 Å². The van der Waals surface area contributed by atoms with Crippen molar-refractivity contribution in [1.82, 2.24) is 0 Å². The Bertz CT molecular complexity index is 844. The Balaban J connectivity index is 0.00000210. The quantitative estimate of drug-likeness (QED) is 0.514. The van der Waals surface area contributed by atoms with Gasteiger partial charge < -0.3 is 4.90 Å². The number of rotatable bonds is 3. The van der Waals surface area contributed by atoms with Gasteiger partial charge in [0.1, 0.15) is 5.82 Å². The van der Waals surface area contributed by atoms with Gasteiger partial charge >= 0.3 is 0 Å². The third-order valence-electron chi connectivity index (χ3n) is 5.27. The molecular formula is C23H20F2NTi. The van der Waals surface area contributed by atoms with Crippen LogP contribution in [0.5, 0.6) is 0 Å². The van der Waals surface area contributed by atoms with Gasteiger partial charge in [0.25, 0.3) is 0 Å². The topological polar surface area (TPSA) is 3.24 Å². The molecule has 135 valence electrons. The molecule has 4 rings (SSSR count). The molecule has 0 N–H and O–H groups in total.